The van der Waals surface area contributed by atoms with Crippen molar-refractivity contribution in [3.05, 3.63) is 71.3 Å². The second-order valence-electron chi connectivity index (χ2n) is 7.06. The number of rotatable bonds is 5. The number of fused-ring (bicyclic) bond motifs is 1. The lowest BCUT2D eigenvalue weighted by Gasteiger charge is -2.34. The summed E-state index contributed by atoms with van der Waals surface area (Å²) in [5.74, 6) is -0.0795. The van der Waals surface area contributed by atoms with Crippen LogP contribution >= 0.6 is 0 Å². The molecule has 1 N–H and O–H groups in total. The molecule has 1 aliphatic carbocycles. The van der Waals surface area contributed by atoms with E-state index in [1.54, 1.807) is 12.1 Å². The number of carbonyl (C=O) groups is 2. The third kappa shape index (κ3) is 4.13. The van der Waals surface area contributed by atoms with Gasteiger partial charge in [-0.05, 0) is 49.4 Å². The Morgan fingerprint density at radius 3 is 2.58 bits per heavy atom. The molecule has 136 valence electrons. The minimum absolute atomic E-state index is 0.0626. The van der Waals surface area contributed by atoms with Crippen molar-refractivity contribution in [2.75, 3.05) is 7.05 Å². The van der Waals surface area contributed by atoms with Crippen LogP contribution in [0.4, 0.5) is 0 Å². The summed E-state index contributed by atoms with van der Waals surface area (Å²) in [5.41, 5.74) is 3.21. The summed E-state index contributed by atoms with van der Waals surface area (Å²) in [4.78, 5) is 26.8. The van der Waals surface area contributed by atoms with Crippen LogP contribution in [0, 0.1) is 0 Å². The van der Waals surface area contributed by atoms with Gasteiger partial charge in [-0.1, -0.05) is 42.5 Å². The van der Waals surface area contributed by atoms with Crippen LogP contribution in [0.25, 0.3) is 0 Å². The zero-order valence-electron chi connectivity index (χ0n) is 15.4. The van der Waals surface area contributed by atoms with Crippen molar-refractivity contribution in [1.82, 2.24) is 10.2 Å². The molecule has 0 spiro atoms. The standard InChI is InChI=1S/C22H26N2O2/c1-16(23-22(26)18-10-4-3-5-11-18)15-21(25)24(2)20-14-8-12-17-9-6-7-13-19(17)20/h3-7,9-11,13,16,20H,8,12,14-15H2,1-2H3,(H,23,26)/t16-,20-/m1/s1. The summed E-state index contributed by atoms with van der Waals surface area (Å²) in [6.07, 6.45) is 3.47. The minimum Gasteiger partial charge on any atom is -0.349 e. The van der Waals surface area contributed by atoms with Gasteiger partial charge in [0, 0.05) is 25.1 Å². The quantitative estimate of drug-likeness (QED) is 0.893. The highest BCUT2D eigenvalue weighted by Gasteiger charge is 2.27. The molecule has 3 rings (SSSR count). The third-order valence-corrected chi connectivity index (χ3v) is 5.09. The average molecular weight is 350 g/mol. The SMILES string of the molecule is C[C@H](CC(=O)N(C)[C@@H]1CCCc2ccccc21)NC(=O)c1ccccc1. The van der Waals surface area contributed by atoms with E-state index in [1.807, 2.05) is 43.1 Å². The van der Waals surface area contributed by atoms with E-state index in [1.165, 1.54) is 11.1 Å². The molecule has 0 heterocycles. The fourth-order valence-electron chi connectivity index (χ4n) is 3.66. The van der Waals surface area contributed by atoms with Crippen molar-refractivity contribution in [2.24, 2.45) is 0 Å². The van der Waals surface area contributed by atoms with E-state index in [0.29, 0.717) is 12.0 Å². The zero-order chi connectivity index (χ0) is 18.5. The molecule has 2 amide bonds. The first-order chi connectivity index (χ1) is 12.6. The molecule has 0 saturated heterocycles. The lowest BCUT2D eigenvalue weighted by atomic mass is 9.87. The number of nitrogens with zero attached hydrogens (tertiary/aromatic N) is 1. The molecule has 0 bridgehead atoms. The van der Waals surface area contributed by atoms with Gasteiger partial charge in [-0.25, -0.2) is 0 Å². The van der Waals surface area contributed by atoms with Crippen molar-refractivity contribution >= 4 is 11.8 Å². The van der Waals surface area contributed by atoms with E-state index in [9.17, 15) is 9.59 Å². The maximum atomic E-state index is 12.8. The molecule has 0 saturated carbocycles. The highest BCUT2D eigenvalue weighted by molar-refractivity contribution is 5.94. The molecule has 26 heavy (non-hydrogen) atoms. The zero-order valence-corrected chi connectivity index (χ0v) is 15.4. The van der Waals surface area contributed by atoms with Crippen molar-refractivity contribution in [2.45, 2.75) is 44.7 Å². The van der Waals surface area contributed by atoms with Gasteiger partial charge in [0.25, 0.3) is 5.91 Å². The summed E-state index contributed by atoms with van der Waals surface area (Å²) in [5, 5.41) is 2.92. The maximum Gasteiger partial charge on any atom is 0.251 e. The molecule has 0 radical (unpaired) electrons. The van der Waals surface area contributed by atoms with E-state index in [4.69, 9.17) is 0 Å². The van der Waals surface area contributed by atoms with E-state index in [-0.39, 0.29) is 23.9 Å². The van der Waals surface area contributed by atoms with E-state index in [0.717, 1.165) is 19.3 Å². The first-order valence-electron chi connectivity index (χ1n) is 9.25. The molecule has 4 nitrogen and oxygen atoms in total. The van der Waals surface area contributed by atoms with Gasteiger partial charge in [0.15, 0.2) is 0 Å². The largest absolute Gasteiger partial charge is 0.349 e. The van der Waals surface area contributed by atoms with Crippen LogP contribution < -0.4 is 5.32 Å². The number of aryl methyl sites for hydroxylation is 1. The highest BCUT2D eigenvalue weighted by Crippen LogP contribution is 2.33. The highest BCUT2D eigenvalue weighted by atomic mass is 16.2. The molecule has 0 aromatic heterocycles. The Labute approximate surface area is 155 Å². The number of nitrogens with one attached hydrogen (secondary N) is 1. The normalized spacial score (nSPS) is 17.1. The molecular formula is C22H26N2O2. The summed E-state index contributed by atoms with van der Waals surface area (Å²) in [7, 11) is 1.88. The van der Waals surface area contributed by atoms with Gasteiger partial charge in [0.1, 0.15) is 0 Å². The second kappa shape index (κ2) is 8.17. The predicted molar refractivity (Wildman–Crippen MR) is 103 cm³/mol. The van der Waals surface area contributed by atoms with Gasteiger partial charge in [0.2, 0.25) is 5.91 Å². The number of amides is 2. The Kier molecular flexibility index (Phi) is 5.71. The Hall–Kier alpha value is -2.62. The lowest BCUT2D eigenvalue weighted by molar-refractivity contribution is -0.132. The van der Waals surface area contributed by atoms with E-state index in [2.05, 4.69) is 23.5 Å². The van der Waals surface area contributed by atoms with Crippen LogP contribution in [-0.4, -0.2) is 29.8 Å². The monoisotopic (exact) mass is 350 g/mol. The number of hydrogen-bond donors (Lipinski definition) is 1. The Bertz CT molecular complexity index is 773. The predicted octanol–water partition coefficient (Wildman–Crippen LogP) is 3.73. The van der Waals surface area contributed by atoms with Gasteiger partial charge in [-0.2, -0.15) is 0 Å². The van der Waals surface area contributed by atoms with Crippen LogP contribution in [0.2, 0.25) is 0 Å². The summed E-state index contributed by atoms with van der Waals surface area (Å²) in [6.45, 7) is 1.88. The van der Waals surface area contributed by atoms with Crippen LogP contribution in [-0.2, 0) is 11.2 Å². The van der Waals surface area contributed by atoms with Gasteiger partial charge in [0.05, 0.1) is 6.04 Å². The Morgan fingerprint density at radius 2 is 1.81 bits per heavy atom. The maximum absolute atomic E-state index is 12.8. The average Bonchev–Trinajstić information content (AvgIpc) is 2.67. The van der Waals surface area contributed by atoms with Gasteiger partial charge >= 0.3 is 0 Å². The fourth-order valence-corrected chi connectivity index (χ4v) is 3.66. The number of hydrogen-bond acceptors (Lipinski definition) is 2. The fraction of sp³-hybridized carbons (Fsp3) is 0.364. The second-order valence-corrected chi connectivity index (χ2v) is 7.06. The molecule has 4 heteroatoms. The molecule has 1 aliphatic rings. The van der Waals surface area contributed by atoms with Crippen molar-refractivity contribution < 1.29 is 9.59 Å². The van der Waals surface area contributed by atoms with Crippen LogP contribution in [0.15, 0.2) is 54.6 Å². The number of benzene rings is 2. The number of carbonyl (C=O) groups excluding carboxylic acids is 2. The van der Waals surface area contributed by atoms with Gasteiger partial charge in [-0.15, -0.1) is 0 Å². The van der Waals surface area contributed by atoms with Crippen molar-refractivity contribution in [1.29, 1.82) is 0 Å². The van der Waals surface area contributed by atoms with E-state index >= 15 is 0 Å². The molecule has 0 fully saturated rings. The molecule has 0 aliphatic heterocycles. The van der Waals surface area contributed by atoms with Crippen LogP contribution in [0.5, 0.6) is 0 Å². The smallest absolute Gasteiger partial charge is 0.251 e. The first kappa shape index (κ1) is 18.2. The van der Waals surface area contributed by atoms with E-state index < -0.39 is 0 Å². The van der Waals surface area contributed by atoms with Crippen molar-refractivity contribution in [3.63, 3.8) is 0 Å². The topological polar surface area (TPSA) is 49.4 Å². The van der Waals surface area contributed by atoms with Crippen molar-refractivity contribution in [3.8, 4) is 0 Å². The molecule has 2 aromatic carbocycles. The van der Waals surface area contributed by atoms with Crippen LogP contribution in [0.3, 0.4) is 0 Å². The molecular weight excluding hydrogens is 324 g/mol. The van der Waals surface area contributed by atoms with Crippen LogP contribution in [0.1, 0.15) is 53.7 Å². The molecule has 2 aromatic rings. The summed E-state index contributed by atoms with van der Waals surface area (Å²) in [6, 6.07) is 17.4. The first-order valence-corrected chi connectivity index (χ1v) is 9.25. The summed E-state index contributed by atoms with van der Waals surface area (Å²) < 4.78 is 0. The third-order valence-electron chi connectivity index (χ3n) is 5.09. The lowest BCUT2D eigenvalue weighted by Crippen LogP contribution is -2.39. The molecule has 2 atom stereocenters. The van der Waals surface area contributed by atoms with Gasteiger partial charge < -0.3 is 10.2 Å². The Balaban J connectivity index is 1.60. The Morgan fingerprint density at radius 1 is 1.12 bits per heavy atom. The summed E-state index contributed by atoms with van der Waals surface area (Å²) >= 11 is 0. The van der Waals surface area contributed by atoms with Gasteiger partial charge in [-0.3, -0.25) is 9.59 Å². The minimum atomic E-state index is -0.212. The molecule has 0 unspecified atom stereocenters.